The summed E-state index contributed by atoms with van der Waals surface area (Å²) < 4.78 is 0. The zero-order valence-electron chi connectivity index (χ0n) is 9.80. The number of nitrogens with one attached hydrogen (secondary N) is 2. The quantitative estimate of drug-likeness (QED) is 0.637. The third-order valence-corrected chi connectivity index (χ3v) is 2.98. The minimum Gasteiger partial charge on any atom is -0.356 e. The monoisotopic (exact) mass is 223 g/mol. The molecule has 0 bridgehead atoms. The van der Waals surface area contributed by atoms with Crippen molar-refractivity contribution in [2.75, 3.05) is 19.6 Å². The summed E-state index contributed by atoms with van der Waals surface area (Å²) in [4.78, 5) is 11.4. The molecular formula is C12H21N3O. The van der Waals surface area contributed by atoms with Crippen molar-refractivity contribution in [3.8, 4) is 6.07 Å². The van der Waals surface area contributed by atoms with Crippen LogP contribution in [0.15, 0.2) is 0 Å². The van der Waals surface area contributed by atoms with Crippen LogP contribution in [0.5, 0.6) is 0 Å². The van der Waals surface area contributed by atoms with E-state index in [1.807, 2.05) is 0 Å². The largest absolute Gasteiger partial charge is 0.356 e. The molecule has 0 aromatic carbocycles. The third-order valence-electron chi connectivity index (χ3n) is 2.98. The van der Waals surface area contributed by atoms with E-state index in [1.54, 1.807) is 0 Å². The SMILES string of the molecule is N#CCCCCNC(=O)CCC1CCNC1. The lowest BCUT2D eigenvalue weighted by molar-refractivity contribution is -0.121. The van der Waals surface area contributed by atoms with Crippen molar-refractivity contribution in [3.63, 3.8) is 0 Å². The van der Waals surface area contributed by atoms with Gasteiger partial charge in [-0.15, -0.1) is 0 Å². The van der Waals surface area contributed by atoms with Crippen LogP contribution in [-0.4, -0.2) is 25.5 Å². The Bertz CT molecular complexity index is 241. The van der Waals surface area contributed by atoms with Crippen LogP contribution in [0.1, 0.15) is 38.5 Å². The molecule has 4 nitrogen and oxygen atoms in total. The van der Waals surface area contributed by atoms with Gasteiger partial charge in [-0.05, 0) is 44.7 Å². The molecule has 1 unspecified atom stereocenters. The molecule has 0 radical (unpaired) electrons. The van der Waals surface area contributed by atoms with Gasteiger partial charge in [0.1, 0.15) is 0 Å². The lowest BCUT2D eigenvalue weighted by Crippen LogP contribution is -2.25. The van der Waals surface area contributed by atoms with Gasteiger partial charge in [0.25, 0.3) is 0 Å². The molecule has 1 aliphatic rings. The van der Waals surface area contributed by atoms with Crippen LogP contribution in [0.3, 0.4) is 0 Å². The molecule has 0 aromatic heterocycles. The second-order valence-corrected chi connectivity index (χ2v) is 4.36. The maximum Gasteiger partial charge on any atom is 0.220 e. The summed E-state index contributed by atoms with van der Waals surface area (Å²) >= 11 is 0. The molecule has 1 aliphatic heterocycles. The van der Waals surface area contributed by atoms with Gasteiger partial charge in [0.05, 0.1) is 6.07 Å². The van der Waals surface area contributed by atoms with Crippen molar-refractivity contribution < 1.29 is 4.79 Å². The number of hydrogen-bond donors (Lipinski definition) is 2. The van der Waals surface area contributed by atoms with Gasteiger partial charge in [-0.2, -0.15) is 5.26 Å². The summed E-state index contributed by atoms with van der Waals surface area (Å²) in [5.41, 5.74) is 0. The van der Waals surface area contributed by atoms with Gasteiger partial charge in [-0.25, -0.2) is 0 Å². The Hall–Kier alpha value is -1.08. The van der Waals surface area contributed by atoms with Crippen molar-refractivity contribution in [1.29, 1.82) is 5.26 Å². The Morgan fingerprint density at radius 2 is 2.38 bits per heavy atom. The first-order valence-corrected chi connectivity index (χ1v) is 6.17. The number of carbonyl (C=O) groups excluding carboxylic acids is 1. The van der Waals surface area contributed by atoms with Crippen LogP contribution < -0.4 is 10.6 Å². The molecule has 4 heteroatoms. The number of carbonyl (C=O) groups is 1. The van der Waals surface area contributed by atoms with E-state index in [1.165, 1.54) is 6.42 Å². The maximum atomic E-state index is 11.4. The van der Waals surface area contributed by atoms with Crippen molar-refractivity contribution in [2.45, 2.75) is 38.5 Å². The van der Waals surface area contributed by atoms with Crippen LogP contribution in [0, 0.1) is 17.2 Å². The van der Waals surface area contributed by atoms with E-state index in [0.29, 0.717) is 25.3 Å². The van der Waals surface area contributed by atoms with Crippen molar-refractivity contribution >= 4 is 5.91 Å². The molecule has 1 rings (SSSR count). The molecular weight excluding hydrogens is 202 g/mol. The molecule has 0 aromatic rings. The Morgan fingerprint density at radius 1 is 1.50 bits per heavy atom. The zero-order chi connectivity index (χ0) is 11.6. The van der Waals surface area contributed by atoms with Crippen molar-refractivity contribution in [3.05, 3.63) is 0 Å². The molecule has 1 heterocycles. The Labute approximate surface area is 97.4 Å². The summed E-state index contributed by atoms with van der Waals surface area (Å²) in [5, 5.41) is 14.5. The molecule has 1 atom stereocenters. The topological polar surface area (TPSA) is 64.9 Å². The Balaban J connectivity index is 1.92. The number of nitrogens with zero attached hydrogens (tertiary/aromatic N) is 1. The van der Waals surface area contributed by atoms with E-state index < -0.39 is 0 Å². The van der Waals surface area contributed by atoms with Crippen LogP contribution in [0.2, 0.25) is 0 Å². The molecule has 0 aliphatic carbocycles. The summed E-state index contributed by atoms with van der Waals surface area (Å²) in [6, 6.07) is 2.10. The van der Waals surface area contributed by atoms with E-state index >= 15 is 0 Å². The highest BCUT2D eigenvalue weighted by Crippen LogP contribution is 2.13. The average molecular weight is 223 g/mol. The first kappa shape index (κ1) is 13.0. The van der Waals surface area contributed by atoms with Crippen molar-refractivity contribution in [1.82, 2.24) is 10.6 Å². The standard InChI is InChI=1S/C12H21N3O/c13-7-2-1-3-8-15-12(16)5-4-11-6-9-14-10-11/h11,14H,1-6,8-10H2,(H,15,16). The fourth-order valence-electron chi connectivity index (χ4n) is 1.94. The molecule has 1 amide bonds. The summed E-state index contributed by atoms with van der Waals surface area (Å²) in [6.07, 6.45) is 5.22. The second-order valence-electron chi connectivity index (χ2n) is 4.36. The normalized spacial score (nSPS) is 19.3. The van der Waals surface area contributed by atoms with Gasteiger partial charge in [0.2, 0.25) is 5.91 Å². The van der Waals surface area contributed by atoms with Gasteiger partial charge in [0.15, 0.2) is 0 Å². The zero-order valence-corrected chi connectivity index (χ0v) is 9.80. The van der Waals surface area contributed by atoms with Crippen LogP contribution in [0.4, 0.5) is 0 Å². The van der Waals surface area contributed by atoms with Crippen LogP contribution >= 0.6 is 0 Å². The van der Waals surface area contributed by atoms with Crippen molar-refractivity contribution in [2.24, 2.45) is 5.92 Å². The maximum absolute atomic E-state index is 11.4. The predicted octanol–water partition coefficient (Wildman–Crippen LogP) is 1.19. The average Bonchev–Trinajstić information content (AvgIpc) is 2.79. The Morgan fingerprint density at radius 3 is 3.06 bits per heavy atom. The molecule has 16 heavy (non-hydrogen) atoms. The summed E-state index contributed by atoms with van der Waals surface area (Å²) in [5.74, 6) is 0.841. The van der Waals surface area contributed by atoms with E-state index in [0.717, 1.165) is 32.4 Å². The number of unbranched alkanes of at least 4 members (excludes halogenated alkanes) is 2. The second kappa shape index (κ2) is 8.12. The van der Waals surface area contributed by atoms with Gasteiger partial charge in [-0.3, -0.25) is 4.79 Å². The smallest absolute Gasteiger partial charge is 0.220 e. The highest BCUT2D eigenvalue weighted by Gasteiger charge is 2.15. The van der Waals surface area contributed by atoms with E-state index in [9.17, 15) is 4.79 Å². The summed E-state index contributed by atoms with van der Waals surface area (Å²) in [7, 11) is 0. The third kappa shape index (κ3) is 5.72. The van der Waals surface area contributed by atoms with Gasteiger partial charge in [-0.1, -0.05) is 0 Å². The van der Waals surface area contributed by atoms with Gasteiger partial charge >= 0.3 is 0 Å². The number of amides is 1. The molecule has 90 valence electrons. The van der Waals surface area contributed by atoms with Crippen LogP contribution in [0.25, 0.3) is 0 Å². The first-order chi connectivity index (χ1) is 7.83. The molecule has 1 saturated heterocycles. The summed E-state index contributed by atoms with van der Waals surface area (Å²) in [6.45, 7) is 2.87. The van der Waals surface area contributed by atoms with E-state index in [2.05, 4.69) is 16.7 Å². The minimum absolute atomic E-state index is 0.156. The predicted molar refractivity (Wildman–Crippen MR) is 62.7 cm³/mol. The highest BCUT2D eigenvalue weighted by atomic mass is 16.1. The lowest BCUT2D eigenvalue weighted by atomic mass is 10.0. The Kier molecular flexibility index (Phi) is 6.59. The molecule has 0 saturated carbocycles. The first-order valence-electron chi connectivity index (χ1n) is 6.17. The number of hydrogen-bond acceptors (Lipinski definition) is 3. The number of rotatable bonds is 7. The fraction of sp³-hybridized carbons (Fsp3) is 0.833. The van der Waals surface area contributed by atoms with Gasteiger partial charge < -0.3 is 10.6 Å². The minimum atomic E-state index is 0.156. The fourth-order valence-corrected chi connectivity index (χ4v) is 1.94. The van der Waals surface area contributed by atoms with E-state index in [4.69, 9.17) is 5.26 Å². The molecule has 1 fully saturated rings. The number of nitriles is 1. The van der Waals surface area contributed by atoms with Crippen LogP contribution in [-0.2, 0) is 4.79 Å². The molecule has 0 spiro atoms. The molecule has 2 N–H and O–H groups in total. The van der Waals surface area contributed by atoms with Gasteiger partial charge in [0, 0.05) is 19.4 Å². The highest BCUT2D eigenvalue weighted by molar-refractivity contribution is 5.75. The lowest BCUT2D eigenvalue weighted by Gasteiger charge is -2.08. The van der Waals surface area contributed by atoms with E-state index in [-0.39, 0.29) is 5.91 Å².